The summed E-state index contributed by atoms with van der Waals surface area (Å²) in [6.45, 7) is 5.71. The Bertz CT molecular complexity index is 364. The van der Waals surface area contributed by atoms with Crippen LogP contribution in [0, 0.1) is 0 Å². The van der Waals surface area contributed by atoms with E-state index in [-0.39, 0.29) is 0 Å². The van der Waals surface area contributed by atoms with Gasteiger partial charge in [0, 0.05) is 5.56 Å². The van der Waals surface area contributed by atoms with Crippen molar-refractivity contribution in [2.24, 2.45) is 4.99 Å². The number of nitrogens with zero attached hydrogens (tertiary/aromatic N) is 2. The van der Waals surface area contributed by atoms with Crippen LogP contribution in [0.1, 0.15) is 25.3 Å². The van der Waals surface area contributed by atoms with Gasteiger partial charge < -0.3 is 0 Å². The third-order valence-corrected chi connectivity index (χ3v) is 3.04. The maximum atomic E-state index is 6.02. The van der Waals surface area contributed by atoms with Crippen LogP contribution < -0.4 is 0 Å². The van der Waals surface area contributed by atoms with E-state index in [0.29, 0.717) is 4.65 Å². The van der Waals surface area contributed by atoms with Crippen molar-refractivity contribution in [3.8, 4) is 0 Å². The van der Waals surface area contributed by atoms with E-state index < -0.39 is 0 Å². The zero-order chi connectivity index (χ0) is 12.0. The highest BCUT2D eigenvalue weighted by Gasteiger charge is 2.31. The molecule has 0 bridgehead atoms. The monoisotopic (exact) mass is 233 g/mol. The van der Waals surface area contributed by atoms with Gasteiger partial charge in [-0.1, -0.05) is 43.7 Å². The molecule has 1 aromatic rings. The lowest BCUT2D eigenvalue weighted by atomic mass is 10.2. The van der Waals surface area contributed by atoms with E-state index in [0.717, 1.165) is 32.7 Å². The van der Waals surface area contributed by atoms with Crippen molar-refractivity contribution in [2.45, 2.75) is 26.3 Å². The fourth-order valence-electron chi connectivity index (χ4n) is 2.04. The molecule has 1 heterocycles. The summed E-state index contributed by atoms with van der Waals surface area (Å²) in [6, 6.07) is 10.5. The van der Waals surface area contributed by atoms with Crippen LogP contribution in [0.2, 0.25) is 0 Å². The minimum atomic E-state index is 0.560. The van der Waals surface area contributed by atoms with Crippen LogP contribution in [0.3, 0.4) is 0 Å². The summed E-state index contributed by atoms with van der Waals surface area (Å²) in [5.74, 6) is 0. The fraction of sp³-hybridized carbons (Fsp3) is 0.500. The molecule has 3 nitrogen and oxygen atoms in total. The number of rotatable bonds is 6. The molecule has 1 aliphatic rings. The predicted molar refractivity (Wildman–Crippen MR) is 69.5 cm³/mol. The van der Waals surface area contributed by atoms with Crippen LogP contribution in [0.5, 0.6) is 0 Å². The number of hydroxylamine groups is 3. The molecule has 0 saturated carbocycles. The molecule has 1 aliphatic heterocycles. The van der Waals surface area contributed by atoms with E-state index >= 15 is 0 Å². The number of hydrogen-bond acceptors (Lipinski definition) is 2. The summed E-state index contributed by atoms with van der Waals surface area (Å²) in [5.41, 5.74) is 1.30. The van der Waals surface area contributed by atoms with Crippen molar-refractivity contribution in [1.29, 1.82) is 0 Å². The zero-order valence-electron chi connectivity index (χ0n) is 10.5. The predicted octanol–water partition coefficient (Wildman–Crippen LogP) is 2.78. The lowest BCUT2D eigenvalue weighted by Gasteiger charge is -2.27. The Morgan fingerprint density at radius 1 is 1.29 bits per heavy atom. The Morgan fingerprint density at radius 3 is 2.76 bits per heavy atom. The lowest BCUT2D eigenvalue weighted by molar-refractivity contribution is -1.04. The summed E-state index contributed by atoms with van der Waals surface area (Å²) >= 11 is 0. The molecule has 0 amide bonds. The molecule has 0 radical (unpaired) electrons. The molecule has 3 heteroatoms. The van der Waals surface area contributed by atoms with Crippen LogP contribution in [0.15, 0.2) is 35.3 Å². The van der Waals surface area contributed by atoms with Crippen LogP contribution in [-0.2, 0) is 11.4 Å². The first-order chi connectivity index (χ1) is 8.35. The van der Waals surface area contributed by atoms with Gasteiger partial charge in [0.15, 0.2) is 0 Å². The summed E-state index contributed by atoms with van der Waals surface area (Å²) in [7, 11) is 0. The molecule has 92 valence electrons. The minimum Gasteiger partial charge on any atom is -0.233 e. The average molecular weight is 233 g/mol. The highest BCUT2D eigenvalue weighted by Crippen LogP contribution is 2.17. The number of hydrogen-bond donors (Lipinski definition) is 0. The van der Waals surface area contributed by atoms with Crippen molar-refractivity contribution in [1.82, 2.24) is 0 Å². The molecule has 0 aromatic heterocycles. The number of aliphatic imine (C=N–C) groups is 1. The van der Waals surface area contributed by atoms with Gasteiger partial charge in [0.2, 0.25) is 6.34 Å². The van der Waals surface area contributed by atoms with E-state index in [1.807, 2.05) is 12.4 Å². The first-order valence-electron chi connectivity index (χ1n) is 6.41. The molecule has 1 aromatic carbocycles. The molecule has 1 unspecified atom stereocenters. The van der Waals surface area contributed by atoms with Gasteiger partial charge in [-0.15, -0.1) is 4.65 Å². The van der Waals surface area contributed by atoms with E-state index in [9.17, 15) is 0 Å². The highest BCUT2D eigenvalue weighted by atomic mass is 16.7. The van der Waals surface area contributed by atoms with Crippen molar-refractivity contribution in [3.05, 3.63) is 35.9 Å². The van der Waals surface area contributed by atoms with Gasteiger partial charge in [-0.2, -0.15) is 4.84 Å². The van der Waals surface area contributed by atoms with Crippen LogP contribution in [-0.4, -0.2) is 30.7 Å². The molecular weight excluding hydrogens is 212 g/mol. The first kappa shape index (κ1) is 12.3. The number of benzene rings is 1. The third kappa shape index (κ3) is 3.38. The average Bonchev–Trinajstić information content (AvgIpc) is 2.80. The van der Waals surface area contributed by atoms with Gasteiger partial charge in [-0.3, -0.25) is 0 Å². The second-order valence-corrected chi connectivity index (χ2v) is 4.53. The Hall–Kier alpha value is -1.19. The van der Waals surface area contributed by atoms with Gasteiger partial charge >= 0.3 is 0 Å². The molecule has 1 atom stereocenters. The topological polar surface area (TPSA) is 21.6 Å². The number of unbranched alkanes of at least 4 members (excludes halogenated alkanes) is 1. The smallest absolute Gasteiger partial charge is 0.218 e. The number of quaternary nitrogens is 1. The minimum absolute atomic E-state index is 0.560. The molecule has 0 N–H and O–H groups in total. The van der Waals surface area contributed by atoms with Gasteiger partial charge in [0.1, 0.15) is 19.7 Å². The highest BCUT2D eigenvalue weighted by molar-refractivity contribution is 5.47. The van der Waals surface area contributed by atoms with Crippen molar-refractivity contribution in [3.63, 3.8) is 0 Å². The third-order valence-electron chi connectivity index (χ3n) is 3.04. The molecule has 2 rings (SSSR count). The Kier molecular flexibility index (Phi) is 4.29. The summed E-state index contributed by atoms with van der Waals surface area (Å²) in [5, 5.41) is 0. The van der Waals surface area contributed by atoms with E-state index in [1.165, 1.54) is 12.0 Å². The van der Waals surface area contributed by atoms with Gasteiger partial charge in [-0.05, 0) is 6.42 Å². The van der Waals surface area contributed by atoms with E-state index in [4.69, 9.17) is 4.84 Å². The maximum Gasteiger partial charge on any atom is 0.218 e. The summed E-state index contributed by atoms with van der Waals surface area (Å²) in [4.78, 5) is 10.4. The van der Waals surface area contributed by atoms with Crippen LogP contribution in [0.25, 0.3) is 0 Å². The quantitative estimate of drug-likeness (QED) is 0.547. The summed E-state index contributed by atoms with van der Waals surface area (Å²) in [6.07, 6.45) is 4.24. The van der Waals surface area contributed by atoms with Gasteiger partial charge in [0.05, 0.1) is 6.54 Å². The standard InChI is InChI=1S/C14H21N2O/c1-2-3-11-17-16(10-9-15-13-16)12-14-7-5-4-6-8-14/h4-8,13H,2-3,9-12H2,1H3/q+1. The van der Waals surface area contributed by atoms with E-state index in [1.54, 1.807) is 0 Å². The Balaban J connectivity index is 1.99. The van der Waals surface area contributed by atoms with Gasteiger partial charge in [-0.25, -0.2) is 4.99 Å². The maximum absolute atomic E-state index is 6.02. The molecular formula is C14H21N2O+. The van der Waals surface area contributed by atoms with Gasteiger partial charge in [0.25, 0.3) is 0 Å². The second-order valence-electron chi connectivity index (χ2n) is 4.53. The summed E-state index contributed by atoms with van der Waals surface area (Å²) < 4.78 is 0.560. The fourth-order valence-corrected chi connectivity index (χ4v) is 2.04. The Morgan fingerprint density at radius 2 is 2.12 bits per heavy atom. The Labute approximate surface area is 103 Å². The molecule has 0 aliphatic carbocycles. The first-order valence-corrected chi connectivity index (χ1v) is 6.41. The van der Waals surface area contributed by atoms with Crippen molar-refractivity contribution in [2.75, 3.05) is 19.7 Å². The molecule has 0 fully saturated rings. The van der Waals surface area contributed by atoms with E-state index in [2.05, 4.69) is 36.2 Å². The SMILES string of the molecule is CCCCO[N+]1(Cc2ccccc2)C=NCC1. The van der Waals surface area contributed by atoms with Crippen molar-refractivity contribution >= 4 is 6.34 Å². The normalized spacial score (nSPS) is 23.1. The largest absolute Gasteiger partial charge is 0.233 e. The zero-order valence-corrected chi connectivity index (χ0v) is 10.5. The molecule has 0 spiro atoms. The molecule has 0 saturated heterocycles. The second kappa shape index (κ2) is 5.94. The van der Waals surface area contributed by atoms with Crippen LogP contribution >= 0.6 is 0 Å². The lowest BCUT2D eigenvalue weighted by Crippen LogP contribution is -2.44. The van der Waals surface area contributed by atoms with Crippen LogP contribution in [0.4, 0.5) is 0 Å². The molecule has 17 heavy (non-hydrogen) atoms. The van der Waals surface area contributed by atoms with Crippen molar-refractivity contribution < 1.29 is 9.48 Å².